The van der Waals surface area contributed by atoms with Crippen molar-refractivity contribution >= 4 is 11.6 Å². The van der Waals surface area contributed by atoms with Gasteiger partial charge in [-0.2, -0.15) is 0 Å². The fraction of sp³-hybridized carbons (Fsp3) is 0.350. The van der Waals surface area contributed by atoms with Crippen molar-refractivity contribution in [3.63, 3.8) is 0 Å². The smallest absolute Gasteiger partial charge is 0.251 e. The molecule has 1 fully saturated rings. The van der Waals surface area contributed by atoms with E-state index in [1.165, 1.54) is 24.9 Å². The van der Waals surface area contributed by atoms with Crippen LogP contribution in [0.1, 0.15) is 29.6 Å². The molecule has 0 aliphatic carbocycles. The fourth-order valence-corrected chi connectivity index (χ4v) is 2.93. The van der Waals surface area contributed by atoms with Gasteiger partial charge < -0.3 is 15.0 Å². The lowest BCUT2D eigenvalue weighted by Crippen LogP contribution is -2.30. The number of nitrogens with one attached hydrogen (secondary N) is 1. The summed E-state index contributed by atoms with van der Waals surface area (Å²) in [5, 5.41) is 2.89. The van der Waals surface area contributed by atoms with E-state index in [-0.39, 0.29) is 5.91 Å². The molecule has 2 aromatic rings. The van der Waals surface area contributed by atoms with E-state index >= 15 is 0 Å². The molecule has 126 valence electrons. The maximum absolute atomic E-state index is 12.2. The van der Waals surface area contributed by atoms with Gasteiger partial charge in [-0.05, 0) is 55.7 Å². The second-order valence-corrected chi connectivity index (χ2v) is 6.01. The van der Waals surface area contributed by atoms with Crippen LogP contribution < -0.4 is 15.0 Å². The van der Waals surface area contributed by atoms with Gasteiger partial charge in [0.2, 0.25) is 0 Å². The van der Waals surface area contributed by atoms with E-state index in [1.54, 1.807) is 0 Å². The summed E-state index contributed by atoms with van der Waals surface area (Å²) in [7, 11) is 0. The molecule has 0 atom stereocenters. The molecule has 0 spiro atoms. The number of para-hydroxylation sites is 1. The lowest BCUT2D eigenvalue weighted by atomic mass is 10.1. The number of ether oxygens (including phenoxy) is 1. The molecule has 24 heavy (non-hydrogen) atoms. The predicted molar refractivity (Wildman–Crippen MR) is 96.8 cm³/mol. The molecule has 1 N–H and O–H groups in total. The molecule has 1 heterocycles. The molecular formula is C20H24N2O2. The molecule has 0 saturated carbocycles. The van der Waals surface area contributed by atoms with Crippen molar-refractivity contribution in [2.24, 2.45) is 0 Å². The van der Waals surface area contributed by atoms with Crippen LogP contribution in [0.3, 0.4) is 0 Å². The first-order valence-corrected chi connectivity index (χ1v) is 8.64. The third kappa shape index (κ3) is 4.51. The van der Waals surface area contributed by atoms with Crippen LogP contribution in [0.25, 0.3) is 0 Å². The first-order valence-electron chi connectivity index (χ1n) is 8.64. The van der Waals surface area contributed by atoms with Gasteiger partial charge in [-0.25, -0.2) is 0 Å². The lowest BCUT2D eigenvalue weighted by molar-refractivity contribution is 0.0947. The van der Waals surface area contributed by atoms with E-state index in [0.29, 0.717) is 18.7 Å². The van der Waals surface area contributed by atoms with E-state index < -0.39 is 0 Å². The number of hydrogen-bond acceptors (Lipinski definition) is 3. The number of piperidine rings is 1. The van der Waals surface area contributed by atoms with Gasteiger partial charge in [-0.3, -0.25) is 4.79 Å². The minimum Gasteiger partial charge on any atom is -0.492 e. The highest BCUT2D eigenvalue weighted by atomic mass is 16.5. The number of anilines is 1. The molecule has 1 amide bonds. The van der Waals surface area contributed by atoms with Gasteiger partial charge in [0.05, 0.1) is 6.54 Å². The summed E-state index contributed by atoms with van der Waals surface area (Å²) in [5.41, 5.74) is 1.90. The van der Waals surface area contributed by atoms with E-state index in [0.717, 1.165) is 18.8 Å². The molecule has 0 unspecified atom stereocenters. The third-order valence-electron chi connectivity index (χ3n) is 4.25. The van der Waals surface area contributed by atoms with Gasteiger partial charge in [0, 0.05) is 24.3 Å². The SMILES string of the molecule is O=C(NCCOc1ccccc1)c1ccc(N2CCCCC2)cc1. The van der Waals surface area contributed by atoms with Crippen molar-refractivity contribution in [3.8, 4) is 5.75 Å². The number of rotatable bonds is 6. The second kappa shape index (κ2) is 8.39. The number of nitrogens with zero attached hydrogens (tertiary/aromatic N) is 1. The van der Waals surface area contributed by atoms with Gasteiger partial charge in [0.1, 0.15) is 12.4 Å². The standard InChI is InChI=1S/C20H24N2O2/c23-20(21-13-16-24-19-7-3-1-4-8-19)17-9-11-18(12-10-17)22-14-5-2-6-15-22/h1,3-4,7-12H,2,5-6,13-16H2,(H,21,23). The Labute approximate surface area is 143 Å². The Morgan fingerprint density at radius 1 is 0.958 bits per heavy atom. The molecule has 2 aromatic carbocycles. The van der Waals surface area contributed by atoms with Crippen LogP contribution >= 0.6 is 0 Å². The molecule has 0 radical (unpaired) electrons. The molecule has 3 rings (SSSR count). The van der Waals surface area contributed by atoms with Crippen molar-refractivity contribution in [2.75, 3.05) is 31.1 Å². The summed E-state index contributed by atoms with van der Waals surface area (Å²) in [6.45, 7) is 3.17. The topological polar surface area (TPSA) is 41.6 Å². The summed E-state index contributed by atoms with van der Waals surface area (Å²) in [6.07, 6.45) is 3.83. The van der Waals surface area contributed by atoms with Crippen molar-refractivity contribution in [2.45, 2.75) is 19.3 Å². The van der Waals surface area contributed by atoms with Crippen molar-refractivity contribution < 1.29 is 9.53 Å². The molecule has 0 bridgehead atoms. The first-order chi connectivity index (χ1) is 11.8. The normalized spacial score (nSPS) is 14.2. The largest absolute Gasteiger partial charge is 0.492 e. The average molecular weight is 324 g/mol. The fourth-order valence-electron chi connectivity index (χ4n) is 2.93. The van der Waals surface area contributed by atoms with E-state index in [1.807, 2.05) is 54.6 Å². The third-order valence-corrected chi connectivity index (χ3v) is 4.25. The number of carbonyl (C=O) groups is 1. The molecule has 1 aliphatic rings. The summed E-state index contributed by atoms with van der Waals surface area (Å²) in [5.74, 6) is 0.759. The molecular weight excluding hydrogens is 300 g/mol. The van der Waals surface area contributed by atoms with Gasteiger partial charge in [-0.15, -0.1) is 0 Å². The zero-order valence-corrected chi connectivity index (χ0v) is 13.9. The lowest BCUT2D eigenvalue weighted by Gasteiger charge is -2.28. The Bertz CT molecular complexity index is 634. The minimum atomic E-state index is -0.0585. The average Bonchev–Trinajstić information content (AvgIpc) is 2.67. The zero-order valence-electron chi connectivity index (χ0n) is 13.9. The molecule has 4 heteroatoms. The monoisotopic (exact) mass is 324 g/mol. The Balaban J connectivity index is 1.44. The maximum Gasteiger partial charge on any atom is 0.251 e. The Hall–Kier alpha value is -2.49. The number of amides is 1. The van der Waals surface area contributed by atoms with Crippen LogP contribution in [0, 0.1) is 0 Å². The van der Waals surface area contributed by atoms with E-state index in [4.69, 9.17) is 4.74 Å². The Morgan fingerprint density at radius 2 is 1.67 bits per heavy atom. The van der Waals surface area contributed by atoms with E-state index in [9.17, 15) is 4.79 Å². The molecule has 4 nitrogen and oxygen atoms in total. The highest BCUT2D eigenvalue weighted by Gasteiger charge is 2.11. The Kier molecular flexibility index (Phi) is 5.72. The highest BCUT2D eigenvalue weighted by Crippen LogP contribution is 2.20. The minimum absolute atomic E-state index is 0.0585. The number of hydrogen-bond donors (Lipinski definition) is 1. The quantitative estimate of drug-likeness (QED) is 0.827. The van der Waals surface area contributed by atoms with Crippen LogP contribution in [-0.4, -0.2) is 32.1 Å². The molecule has 1 saturated heterocycles. The van der Waals surface area contributed by atoms with Crippen LogP contribution in [-0.2, 0) is 0 Å². The second-order valence-electron chi connectivity index (χ2n) is 6.01. The van der Waals surface area contributed by atoms with Crippen LogP contribution in [0.5, 0.6) is 5.75 Å². The van der Waals surface area contributed by atoms with Crippen molar-refractivity contribution in [1.82, 2.24) is 5.32 Å². The number of benzene rings is 2. The first kappa shape index (κ1) is 16.4. The Morgan fingerprint density at radius 3 is 2.38 bits per heavy atom. The van der Waals surface area contributed by atoms with Crippen LogP contribution in [0.2, 0.25) is 0 Å². The van der Waals surface area contributed by atoms with Gasteiger partial charge in [-0.1, -0.05) is 18.2 Å². The van der Waals surface area contributed by atoms with Gasteiger partial charge in [0.15, 0.2) is 0 Å². The van der Waals surface area contributed by atoms with Crippen molar-refractivity contribution in [3.05, 3.63) is 60.2 Å². The van der Waals surface area contributed by atoms with Crippen LogP contribution in [0.4, 0.5) is 5.69 Å². The highest BCUT2D eigenvalue weighted by molar-refractivity contribution is 5.94. The van der Waals surface area contributed by atoms with Crippen LogP contribution in [0.15, 0.2) is 54.6 Å². The summed E-state index contributed by atoms with van der Waals surface area (Å²) < 4.78 is 5.57. The summed E-state index contributed by atoms with van der Waals surface area (Å²) in [6, 6.07) is 17.5. The van der Waals surface area contributed by atoms with Gasteiger partial charge in [0.25, 0.3) is 5.91 Å². The maximum atomic E-state index is 12.2. The molecule has 1 aliphatic heterocycles. The summed E-state index contributed by atoms with van der Waals surface area (Å²) in [4.78, 5) is 14.6. The number of carbonyl (C=O) groups excluding carboxylic acids is 1. The van der Waals surface area contributed by atoms with E-state index in [2.05, 4.69) is 10.2 Å². The van der Waals surface area contributed by atoms with Crippen molar-refractivity contribution in [1.29, 1.82) is 0 Å². The predicted octanol–water partition coefficient (Wildman–Crippen LogP) is 3.49. The molecule has 0 aromatic heterocycles. The zero-order chi connectivity index (χ0) is 16.6. The van der Waals surface area contributed by atoms with Gasteiger partial charge >= 0.3 is 0 Å². The summed E-state index contributed by atoms with van der Waals surface area (Å²) >= 11 is 0.